The van der Waals surface area contributed by atoms with Crippen molar-refractivity contribution in [3.8, 4) is 0 Å². The lowest BCUT2D eigenvalue weighted by atomic mass is 9.84. The minimum absolute atomic E-state index is 0.0403. The fraction of sp³-hybridized carbons (Fsp3) is 0.588. The largest absolute Gasteiger partial charge is 0.400 e. The first-order valence-corrected chi connectivity index (χ1v) is 9.54. The molecule has 26 heavy (non-hydrogen) atoms. The predicted molar refractivity (Wildman–Crippen MR) is 92.5 cm³/mol. The number of nitrogens with zero attached hydrogens (tertiary/aromatic N) is 1. The molecule has 0 saturated heterocycles. The molecule has 1 aliphatic rings. The molecule has 1 aliphatic carbocycles. The van der Waals surface area contributed by atoms with Crippen LogP contribution in [0.15, 0.2) is 22.0 Å². The van der Waals surface area contributed by atoms with Gasteiger partial charge in [0.05, 0.1) is 10.8 Å². The number of benzene rings is 1. The third-order valence-electron chi connectivity index (χ3n) is 4.22. The summed E-state index contributed by atoms with van der Waals surface area (Å²) in [5.74, 6) is -0.972. The van der Waals surface area contributed by atoms with Gasteiger partial charge in [0.25, 0.3) is 6.43 Å². The first-order chi connectivity index (χ1) is 12.1. The van der Waals surface area contributed by atoms with Crippen molar-refractivity contribution in [3.63, 3.8) is 0 Å². The number of rotatable bonds is 6. The maximum Gasteiger partial charge on any atom is 0.400 e. The number of hydrogen-bond acceptors (Lipinski definition) is 2. The van der Waals surface area contributed by atoms with E-state index in [0.717, 1.165) is 24.8 Å². The molecule has 146 valence electrons. The van der Waals surface area contributed by atoms with E-state index in [-0.39, 0.29) is 10.8 Å². The van der Waals surface area contributed by atoms with Crippen LogP contribution in [0.4, 0.5) is 27.6 Å². The topological polar surface area (TPSA) is 41.5 Å². The van der Waals surface area contributed by atoms with Gasteiger partial charge in [-0.15, -0.1) is 0 Å². The Hall–Kier alpha value is -1.51. The monoisotopic (exact) mass is 396 g/mol. The van der Waals surface area contributed by atoms with Gasteiger partial charge in [-0.05, 0) is 43.9 Å². The van der Waals surface area contributed by atoms with Gasteiger partial charge in [-0.25, -0.2) is 8.78 Å². The van der Waals surface area contributed by atoms with E-state index in [4.69, 9.17) is 0 Å². The summed E-state index contributed by atoms with van der Waals surface area (Å²) in [5.41, 5.74) is 1.66. The fourth-order valence-corrected chi connectivity index (χ4v) is 3.82. The fourth-order valence-electron chi connectivity index (χ4n) is 2.70. The summed E-state index contributed by atoms with van der Waals surface area (Å²) in [6, 6.07) is 3.04. The smallest absolute Gasteiger partial charge is 0.344 e. The normalized spacial score (nSPS) is 17.3. The highest BCUT2D eigenvalue weighted by molar-refractivity contribution is 7.85. The van der Waals surface area contributed by atoms with Crippen molar-refractivity contribution >= 4 is 22.3 Å². The van der Waals surface area contributed by atoms with Crippen LogP contribution in [0.5, 0.6) is 0 Å². The van der Waals surface area contributed by atoms with Gasteiger partial charge in [-0.2, -0.15) is 13.2 Å². The van der Waals surface area contributed by atoms with Crippen LogP contribution in [0.25, 0.3) is 0 Å². The summed E-state index contributed by atoms with van der Waals surface area (Å²) in [7, 11) is -2.23. The van der Waals surface area contributed by atoms with Crippen LogP contribution in [-0.2, 0) is 10.8 Å². The summed E-state index contributed by atoms with van der Waals surface area (Å²) < 4.78 is 74.7. The molecule has 1 fully saturated rings. The van der Waals surface area contributed by atoms with Gasteiger partial charge < -0.3 is 5.32 Å². The van der Waals surface area contributed by atoms with E-state index in [0.29, 0.717) is 17.1 Å². The molecule has 1 saturated carbocycles. The third-order valence-corrected chi connectivity index (χ3v) is 5.74. The Kier molecular flexibility index (Phi) is 6.76. The Morgan fingerprint density at radius 2 is 1.92 bits per heavy atom. The molecule has 0 radical (unpaired) electrons. The molecule has 1 N–H and O–H groups in total. The SMILES string of the molecule is Cc1cc(C)c(S(=O)CC(F)(F)F)cc1NC(=NCC(F)F)C1CCC1. The second-order valence-corrected chi connectivity index (χ2v) is 7.83. The molecule has 0 spiro atoms. The van der Waals surface area contributed by atoms with Crippen molar-refractivity contribution in [2.75, 3.05) is 17.6 Å². The first kappa shape index (κ1) is 20.8. The van der Waals surface area contributed by atoms with E-state index in [9.17, 15) is 26.2 Å². The molecule has 1 unspecified atom stereocenters. The standard InChI is InChI=1S/C17H21F5N2OS/c1-10-6-11(2)14(26(25)9-17(20,21)22)7-13(10)24-16(12-4-3-5-12)23-8-15(18)19/h6-7,12,15H,3-5,8-9H2,1-2H3,(H,23,24). The van der Waals surface area contributed by atoms with Gasteiger partial charge >= 0.3 is 6.18 Å². The second-order valence-electron chi connectivity index (χ2n) is 6.41. The number of hydrogen-bond donors (Lipinski definition) is 1. The third kappa shape index (κ3) is 5.75. The van der Waals surface area contributed by atoms with Crippen LogP contribution in [-0.4, -0.2) is 34.9 Å². The Bertz CT molecular complexity index is 699. The van der Waals surface area contributed by atoms with Crippen LogP contribution >= 0.6 is 0 Å². The van der Waals surface area contributed by atoms with Crippen LogP contribution in [0, 0.1) is 19.8 Å². The number of aliphatic imine (C=N–C) groups is 1. The second kappa shape index (κ2) is 8.45. The number of nitrogens with one attached hydrogen (secondary N) is 1. The van der Waals surface area contributed by atoms with Crippen molar-refractivity contribution in [2.45, 2.75) is 50.6 Å². The zero-order valence-corrected chi connectivity index (χ0v) is 15.3. The van der Waals surface area contributed by atoms with Gasteiger partial charge in [0.15, 0.2) is 0 Å². The van der Waals surface area contributed by atoms with E-state index in [1.165, 1.54) is 6.07 Å². The maximum absolute atomic E-state index is 12.5. The molecule has 1 aromatic rings. The van der Waals surface area contributed by atoms with Gasteiger partial charge in [0.1, 0.15) is 18.1 Å². The predicted octanol–water partition coefficient (Wildman–Crippen LogP) is 4.85. The highest BCUT2D eigenvalue weighted by atomic mass is 32.2. The number of amidine groups is 1. The van der Waals surface area contributed by atoms with Crippen LogP contribution in [0.3, 0.4) is 0 Å². The van der Waals surface area contributed by atoms with Gasteiger partial charge in [0.2, 0.25) is 0 Å². The molecule has 0 amide bonds. The lowest BCUT2D eigenvalue weighted by Crippen LogP contribution is -2.29. The average molecular weight is 396 g/mol. The number of halogens is 5. The minimum atomic E-state index is -4.54. The summed E-state index contributed by atoms with van der Waals surface area (Å²) in [5, 5.41) is 2.99. The van der Waals surface area contributed by atoms with Gasteiger partial charge in [-0.1, -0.05) is 12.5 Å². The van der Waals surface area contributed by atoms with Crippen LogP contribution in [0.1, 0.15) is 30.4 Å². The zero-order valence-electron chi connectivity index (χ0n) is 14.5. The minimum Gasteiger partial charge on any atom is -0.344 e. The molecule has 1 atom stereocenters. The Morgan fingerprint density at radius 3 is 2.42 bits per heavy atom. The Balaban J connectivity index is 2.28. The molecule has 0 aliphatic heterocycles. The molecule has 0 aromatic heterocycles. The Labute approximate surface area is 151 Å². The van der Waals surface area contributed by atoms with E-state index in [1.807, 2.05) is 0 Å². The number of aryl methyl sites for hydroxylation is 2. The van der Waals surface area contributed by atoms with E-state index in [2.05, 4.69) is 10.3 Å². The summed E-state index contributed by atoms with van der Waals surface area (Å²) in [6.07, 6.45) is -4.47. The quantitative estimate of drug-likeness (QED) is 0.424. The highest BCUT2D eigenvalue weighted by Gasteiger charge is 2.32. The van der Waals surface area contributed by atoms with E-state index in [1.54, 1.807) is 19.9 Å². The lowest BCUT2D eigenvalue weighted by molar-refractivity contribution is -0.105. The summed E-state index contributed by atoms with van der Waals surface area (Å²) in [6.45, 7) is 2.71. The molecular weight excluding hydrogens is 375 g/mol. The van der Waals surface area contributed by atoms with E-state index < -0.39 is 35.7 Å². The number of alkyl halides is 5. The lowest BCUT2D eigenvalue weighted by Gasteiger charge is -2.28. The van der Waals surface area contributed by atoms with Crippen LogP contribution < -0.4 is 5.32 Å². The molecule has 0 heterocycles. The van der Waals surface area contributed by atoms with Gasteiger partial charge in [0, 0.05) is 16.5 Å². The Morgan fingerprint density at radius 1 is 1.27 bits per heavy atom. The molecular formula is C17H21F5N2OS. The highest BCUT2D eigenvalue weighted by Crippen LogP contribution is 2.31. The molecule has 3 nitrogen and oxygen atoms in total. The average Bonchev–Trinajstić information content (AvgIpc) is 2.43. The molecule has 0 bridgehead atoms. The van der Waals surface area contributed by atoms with Crippen molar-refractivity contribution in [1.82, 2.24) is 0 Å². The van der Waals surface area contributed by atoms with E-state index >= 15 is 0 Å². The summed E-state index contributed by atoms with van der Waals surface area (Å²) >= 11 is 0. The van der Waals surface area contributed by atoms with Crippen molar-refractivity contribution in [2.24, 2.45) is 10.9 Å². The molecule has 2 rings (SSSR count). The molecule has 1 aromatic carbocycles. The van der Waals surface area contributed by atoms with Crippen LogP contribution in [0.2, 0.25) is 0 Å². The zero-order chi connectivity index (χ0) is 19.5. The van der Waals surface area contributed by atoms with Crippen molar-refractivity contribution < 1.29 is 26.2 Å². The van der Waals surface area contributed by atoms with Crippen molar-refractivity contribution in [3.05, 3.63) is 23.3 Å². The van der Waals surface area contributed by atoms with Gasteiger partial charge in [-0.3, -0.25) is 9.20 Å². The summed E-state index contributed by atoms with van der Waals surface area (Å²) in [4.78, 5) is 4.02. The molecule has 9 heteroatoms. The maximum atomic E-state index is 12.5. The number of anilines is 1. The first-order valence-electron chi connectivity index (χ1n) is 8.22. The van der Waals surface area contributed by atoms with Crippen molar-refractivity contribution in [1.29, 1.82) is 0 Å².